The molecular weight excluding hydrogens is 471 g/mol. The Morgan fingerprint density at radius 3 is 1.92 bits per heavy atom. The van der Waals surface area contributed by atoms with Crippen LogP contribution in [-0.4, -0.2) is 44.3 Å². The maximum Gasteiger partial charge on any atom is 0.338 e. The minimum atomic E-state index is -0.597. The van der Waals surface area contributed by atoms with E-state index < -0.39 is 17.8 Å². The second-order valence-electron chi connectivity index (χ2n) is 7.66. The fourth-order valence-corrected chi connectivity index (χ4v) is 2.70. The standard InChI is InChI=1S/C27H29FO8/c1-6-25(29)34-13-11-32-23-15-21(19-7-9-20(10-8-19)36-27(31)18(4)5)22(28)16-24(23)33-12-14-35-26(30)17(2)3/h7-10,15-16H,2,4,6,11-14H2,1,3,5H3. The van der Waals surface area contributed by atoms with Crippen molar-refractivity contribution in [3.63, 3.8) is 0 Å². The Hall–Kier alpha value is -4.14. The summed E-state index contributed by atoms with van der Waals surface area (Å²) < 4.78 is 41.4. The van der Waals surface area contributed by atoms with E-state index in [4.69, 9.17) is 23.7 Å². The molecule has 0 N–H and O–H groups in total. The highest BCUT2D eigenvalue weighted by Gasteiger charge is 2.16. The Morgan fingerprint density at radius 2 is 1.36 bits per heavy atom. The maximum atomic E-state index is 15.0. The van der Waals surface area contributed by atoms with Crippen molar-refractivity contribution < 1.29 is 42.5 Å². The number of ether oxygens (including phenoxy) is 5. The predicted molar refractivity (Wildman–Crippen MR) is 130 cm³/mol. The first-order valence-electron chi connectivity index (χ1n) is 11.2. The predicted octanol–water partition coefficient (Wildman–Crippen LogP) is 4.80. The lowest BCUT2D eigenvalue weighted by atomic mass is 10.0. The van der Waals surface area contributed by atoms with E-state index in [0.29, 0.717) is 5.56 Å². The van der Waals surface area contributed by atoms with Crippen molar-refractivity contribution >= 4 is 17.9 Å². The molecule has 0 heterocycles. The Balaban J connectivity index is 2.21. The number of benzene rings is 2. The molecular formula is C27H29FO8. The van der Waals surface area contributed by atoms with E-state index >= 15 is 4.39 Å². The summed E-state index contributed by atoms with van der Waals surface area (Å²) in [5.74, 6) is -1.54. The molecule has 0 amide bonds. The first kappa shape index (κ1) is 28.1. The van der Waals surface area contributed by atoms with Gasteiger partial charge in [-0.1, -0.05) is 32.2 Å². The third kappa shape index (κ3) is 8.57. The van der Waals surface area contributed by atoms with Crippen molar-refractivity contribution in [3.05, 3.63) is 66.5 Å². The van der Waals surface area contributed by atoms with Gasteiger partial charge in [-0.15, -0.1) is 0 Å². The normalized spacial score (nSPS) is 10.2. The topological polar surface area (TPSA) is 97.4 Å². The molecule has 0 atom stereocenters. The van der Waals surface area contributed by atoms with Crippen LogP contribution in [0.1, 0.15) is 27.2 Å². The highest BCUT2D eigenvalue weighted by atomic mass is 19.1. The molecule has 2 aromatic carbocycles. The van der Waals surface area contributed by atoms with Crippen molar-refractivity contribution in [2.24, 2.45) is 0 Å². The molecule has 0 saturated carbocycles. The third-order valence-electron chi connectivity index (χ3n) is 4.57. The quantitative estimate of drug-likeness (QED) is 0.167. The van der Waals surface area contributed by atoms with E-state index in [1.54, 1.807) is 19.1 Å². The molecule has 0 saturated heterocycles. The van der Waals surface area contributed by atoms with Crippen LogP contribution < -0.4 is 14.2 Å². The molecule has 0 fully saturated rings. The number of esters is 3. The number of rotatable bonds is 13. The smallest absolute Gasteiger partial charge is 0.338 e. The summed E-state index contributed by atoms with van der Waals surface area (Å²) in [6.45, 7) is 11.6. The van der Waals surface area contributed by atoms with Crippen LogP contribution in [0.4, 0.5) is 4.39 Å². The van der Waals surface area contributed by atoms with Crippen molar-refractivity contribution in [2.75, 3.05) is 26.4 Å². The zero-order chi connectivity index (χ0) is 26.7. The van der Waals surface area contributed by atoms with E-state index in [1.807, 2.05) is 0 Å². The third-order valence-corrected chi connectivity index (χ3v) is 4.57. The molecule has 192 valence electrons. The lowest BCUT2D eigenvalue weighted by Crippen LogP contribution is -2.14. The average molecular weight is 501 g/mol. The summed E-state index contributed by atoms with van der Waals surface area (Å²) in [4.78, 5) is 34.6. The van der Waals surface area contributed by atoms with Crippen LogP contribution in [0.25, 0.3) is 11.1 Å². The van der Waals surface area contributed by atoms with Gasteiger partial charge in [0.25, 0.3) is 0 Å². The van der Waals surface area contributed by atoms with Crippen molar-refractivity contribution in [1.29, 1.82) is 0 Å². The van der Waals surface area contributed by atoms with E-state index in [9.17, 15) is 14.4 Å². The second kappa shape index (κ2) is 13.7. The van der Waals surface area contributed by atoms with Gasteiger partial charge in [0.05, 0.1) is 0 Å². The fourth-order valence-electron chi connectivity index (χ4n) is 2.70. The van der Waals surface area contributed by atoms with Crippen LogP contribution in [0.5, 0.6) is 17.2 Å². The SMILES string of the molecule is C=C(C)C(=O)OCCOc1cc(F)c(-c2ccc(OC(=O)C(=C)C)cc2)cc1OCCOC(=O)CC. The molecule has 36 heavy (non-hydrogen) atoms. The van der Waals surface area contributed by atoms with Gasteiger partial charge in [-0.2, -0.15) is 0 Å². The lowest BCUT2D eigenvalue weighted by molar-refractivity contribution is -0.144. The molecule has 9 heteroatoms. The summed E-state index contributed by atoms with van der Waals surface area (Å²) in [7, 11) is 0. The summed E-state index contributed by atoms with van der Waals surface area (Å²) >= 11 is 0. The molecule has 0 aliphatic carbocycles. The highest BCUT2D eigenvalue weighted by molar-refractivity contribution is 5.89. The van der Waals surface area contributed by atoms with E-state index in [2.05, 4.69) is 13.2 Å². The Morgan fingerprint density at radius 1 is 0.806 bits per heavy atom. The molecule has 0 bridgehead atoms. The van der Waals surface area contributed by atoms with Gasteiger partial charge in [-0.05, 0) is 37.6 Å². The van der Waals surface area contributed by atoms with Gasteiger partial charge in [0.15, 0.2) is 11.5 Å². The number of carbonyl (C=O) groups is 3. The average Bonchev–Trinajstić information content (AvgIpc) is 2.85. The summed E-state index contributed by atoms with van der Waals surface area (Å²) in [6.07, 6.45) is 0.232. The summed E-state index contributed by atoms with van der Waals surface area (Å²) in [6, 6.07) is 8.83. The van der Waals surface area contributed by atoms with Crippen molar-refractivity contribution in [2.45, 2.75) is 27.2 Å². The van der Waals surface area contributed by atoms with Gasteiger partial charge in [0.1, 0.15) is 38.0 Å². The second-order valence-corrected chi connectivity index (χ2v) is 7.66. The molecule has 0 aromatic heterocycles. The first-order chi connectivity index (χ1) is 17.1. The van der Waals surface area contributed by atoms with Crippen LogP contribution in [0, 0.1) is 5.82 Å². The molecule has 0 spiro atoms. The van der Waals surface area contributed by atoms with Gasteiger partial charge in [0.2, 0.25) is 0 Å². The first-order valence-corrected chi connectivity index (χ1v) is 11.2. The van der Waals surface area contributed by atoms with Gasteiger partial charge in [-0.25, -0.2) is 14.0 Å². The molecule has 2 rings (SSSR count). The minimum Gasteiger partial charge on any atom is -0.486 e. The highest BCUT2D eigenvalue weighted by Crippen LogP contribution is 2.36. The molecule has 2 aromatic rings. The Bertz CT molecular complexity index is 1120. The van der Waals surface area contributed by atoms with E-state index in [0.717, 1.165) is 6.07 Å². The minimum absolute atomic E-state index is 0.00215. The largest absolute Gasteiger partial charge is 0.486 e. The molecule has 0 aliphatic rings. The maximum absolute atomic E-state index is 15.0. The molecule has 0 unspecified atom stereocenters. The van der Waals surface area contributed by atoms with Crippen LogP contribution >= 0.6 is 0 Å². The number of hydrogen-bond acceptors (Lipinski definition) is 8. The number of hydrogen-bond donors (Lipinski definition) is 0. The van der Waals surface area contributed by atoms with Crippen LogP contribution in [-0.2, 0) is 23.9 Å². The number of carbonyl (C=O) groups excluding carboxylic acids is 3. The van der Waals surface area contributed by atoms with Gasteiger partial charge >= 0.3 is 17.9 Å². The summed E-state index contributed by atoms with van der Waals surface area (Å²) in [5, 5.41) is 0. The molecule has 0 aliphatic heterocycles. The van der Waals surface area contributed by atoms with E-state index in [1.165, 1.54) is 32.0 Å². The monoisotopic (exact) mass is 500 g/mol. The van der Waals surface area contributed by atoms with Crippen molar-refractivity contribution in [3.8, 4) is 28.4 Å². The Kier molecular flexibility index (Phi) is 10.7. The van der Waals surface area contributed by atoms with Crippen LogP contribution in [0.15, 0.2) is 60.7 Å². The van der Waals surface area contributed by atoms with E-state index in [-0.39, 0.29) is 72.8 Å². The van der Waals surface area contributed by atoms with Crippen molar-refractivity contribution in [1.82, 2.24) is 0 Å². The lowest BCUT2D eigenvalue weighted by Gasteiger charge is -2.16. The Labute approximate surface area is 209 Å². The number of halogens is 1. The van der Waals surface area contributed by atoms with Crippen LogP contribution in [0.2, 0.25) is 0 Å². The summed E-state index contributed by atoms with van der Waals surface area (Å²) in [5.41, 5.74) is 1.19. The fraction of sp³-hybridized carbons (Fsp3) is 0.296. The van der Waals surface area contributed by atoms with Gasteiger partial charge in [0, 0.05) is 29.2 Å². The molecule has 8 nitrogen and oxygen atoms in total. The van der Waals surface area contributed by atoms with Gasteiger partial charge in [-0.3, -0.25) is 4.79 Å². The van der Waals surface area contributed by atoms with Gasteiger partial charge < -0.3 is 23.7 Å². The van der Waals surface area contributed by atoms with Crippen LogP contribution in [0.3, 0.4) is 0 Å². The zero-order valence-corrected chi connectivity index (χ0v) is 20.6. The zero-order valence-electron chi connectivity index (χ0n) is 20.6. The molecule has 0 radical (unpaired) electrons.